The topological polar surface area (TPSA) is 23.5 Å². The van der Waals surface area contributed by atoms with Gasteiger partial charge in [0.1, 0.15) is 0 Å². The molecule has 88 valence electrons. The van der Waals surface area contributed by atoms with Gasteiger partial charge in [0, 0.05) is 19.2 Å². The molecule has 1 aliphatic rings. The number of rotatable bonds is 4. The lowest BCUT2D eigenvalue weighted by molar-refractivity contribution is 0.213. The second-order valence-electron chi connectivity index (χ2n) is 4.69. The third-order valence-corrected chi connectivity index (χ3v) is 3.39. The number of aliphatic hydroxyl groups is 1. The molecular weight excluding hydrogens is 198 g/mol. The maximum atomic E-state index is 8.90. The van der Waals surface area contributed by atoms with Crippen molar-refractivity contribution in [3.63, 3.8) is 0 Å². The van der Waals surface area contributed by atoms with E-state index in [1.165, 1.54) is 30.5 Å². The third kappa shape index (κ3) is 2.63. The number of hydrogen-bond donors (Lipinski definition) is 1. The highest BCUT2D eigenvalue weighted by atomic mass is 16.3. The Kier molecular flexibility index (Phi) is 3.97. The van der Waals surface area contributed by atoms with Crippen LogP contribution in [-0.4, -0.2) is 29.7 Å². The minimum absolute atomic E-state index is 0.303. The van der Waals surface area contributed by atoms with Crippen molar-refractivity contribution in [2.24, 2.45) is 0 Å². The van der Waals surface area contributed by atoms with E-state index < -0.39 is 0 Å². The van der Waals surface area contributed by atoms with Crippen LogP contribution in [0, 0.1) is 6.92 Å². The molecule has 0 aliphatic carbocycles. The maximum Gasteiger partial charge on any atom is 0.0443 e. The molecule has 1 aromatic rings. The van der Waals surface area contributed by atoms with Crippen LogP contribution >= 0.6 is 0 Å². The molecule has 16 heavy (non-hydrogen) atoms. The van der Waals surface area contributed by atoms with Crippen LogP contribution in [-0.2, 0) is 0 Å². The number of likely N-dealkylation sites (tertiary alicyclic amines) is 1. The Balaban J connectivity index is 2.07. The molecular formula is C14H21NO. The monoisotopic (exact) mass is 219 g/mol. The highest BCUT2D eigenvalue weighted by molar-refractivity contribution is 5.25. The van der Waals surface area contributed by atoms with E-state index in [2.05, 4.69) is 36.1 Å². The fourth-order valence-electron chi connectivity index (χ4n) is 2.62. The van der Waals surface area contributed by atoms with Crippen molar-refractivity contribution in [1.29, 1.82) is 0 Å². The lowest BCUT2D eigenvalue weighted by Crippen LogP contribution is -2.25. The lowest BCUT2D eigenvalue weighted by atomic mass is 10.0. The highest BCUT2D eigenvalue weighted by Crippen LogP contribution is 2.31. The molecule has 0 amide bonds. The smallest absolute Gasteiger partial charge is 0.0443 e. The summed E-state index contributed by atoms with van der Waals surface area (Å²) in [6.45, 7) is 4.65. The predicted octanol–water partition coefficient (Wildman–Crippen LogP) is 2.51. The van der Waals surface area contributed by atoms with E-state index in [9.17, 15) is 0 Å². The predicted molar refractivity (Wildman–Crippen MR) is 66.4 cm³/mol. The maximum absolute atomic E-state index is 8.90. The second-order valence-corrected chi connectivity index (χ2v) is 4.69. The fourth-order valence-corrected chi connectivity index (χ4v) is 2.62. The molecule has 0 saturated carbocycles. The average molecular weight is 219 g/mol. The van der Waals surface area contributed by atoms with Crippen LogP contribution in [0.25, 0.3) is 0 Å². The summed E-state index contributed by atoms with van der Waals surface area (Å²) in [6.07, 6.45) is 3.43. The van der Waals surface area contributed by atoms with Crippen LogP contribution in [0.5, 0.6) is 0 Å². The Morgan fingerprint density at radius 1 is 1.44 bits per heavy atom. The van der Waals surface area contributed by atoms with Crippen molar-refractivity contribution < 1.29 is 5.11 Å². The average Bonchev–Trinajstić information content (AvgIpc) is 2.74. The van der Waals surface area contributed by atoms with Gasteiger partial charge in [-0.15, -0.1) is 0 Å². The first-order valence-corrected chi connectivity index (χ1v) is 6.23. The van der Waals surface area contributed by atoms with E-state index in [1.54, 1.807) is 0 Å². The van der Waals surface area contributed by atoms with Gasteiger partial charge in [-0.1, -0.05) is 29.8 Å². The molecule has 0 radical (unpaired) electrons. The van der Waals surface area contributed by atoms with Crippen molar-refractivity contribution in [2.45, 2.75) is 32.2 Å². The summed E-state index contributed by atoms with van der Waals surface area (Å²) >= 11 is 0. The van der Waals surface area contributed by atoms with Gasteiger partial charge in [0.2, 0.25) is 0 Å². The Morgan fingerprint density at radius 3 is 3.06 bits per heavy atom. The van der Waals surface area contributed by atoms with Crippen LogP contribution in [0.15, 0.2) is 24.3 Å². The van der Waals surface area contributed by atoms with Gasteiger partial charge >= 0.3 is 0 Å². The first-order chi connectivity index (χ1) is 7.81. The van der Waals surface area contributed by atoms with Crippen molar-refractivity contribution in [3.05, 3.63) is 35.4 Å². The quantitative estimate of drug-likeness (QED) is 0.841. The van der Waals surface area contributed by atoms with Crippen molar-refractivity contribution in [2.75, 3.05) is 19.7 Å². The molecule has 1 aromatic carbocycles. The van der Waals surface area contributed by atoms with Crippen molar-refractivity contribution in [1.82, 2.24) is 4.90 Å². The zero-order valence-corrected chi connectivity index (χ0v) is 10.0. The molecule has 1 aliphatic heterocycles. The normalized spacial score (nSPS) is 21.5. The summed E-state index contributed by atoms with van der Waals surface area (Å²) in [5.74, 6) is 0. The molecule has 1 atom stereocenters. The molecule has 2 nitrogen and oxygen atoms in total. The molecule has 2 heteroatoms. The van der Waals surface area contributed by atoms with Gasteiger partial charge in [-0.25, -0.2) is 0 Å². The zero-order chi connectivity index (χ0) is 11.4. The van der Waals surface area contributed by atoms with Gasteiger partial charge in [-0.3, -0.25) is 4.90 Å². The summed E-state index contributed by atoms with van der Waals surface area (Å²) in [5.41, 5.74) is 2.78. The van der Waals surface area contributed by atoms with Gasteiger partial charge in [0.05, 0.1) is 0 Å². The van der Waals surface area contributed by atoms with E-state index in [4.69, 9.17) is 5.11 Å². The lowest BCUT2D eigenvalue weighted by Gasteiger charge is -2.24. The summed E-state index contributed by atoms with van der Waals surface area (Å²) in [4.78, 5) is 2.50. The van der Waals surface area contributed by atoms with E-state index in [1.807, 2.05) is 0 Å². The van der Waals surface area contributed by atoms with Crippen LogP contribution in [0.3, 0.4) is 0 Å². The third-order valence-electron chi connectivity index (χ3n) is 3.39. The standard InChI is InChI=1S/C14H21NO/c1-12-5-2-6-13(11-12)14-7-3-8-15(14)9-4-10-16/h2,5-6,11,14,16H,3-4,7-10H2,1H3. The van der Waals surface area contributed by atoms with Crippen LogP contribution in [0.1, 0.15) is 36.4 Å². The van der Waals surface area contributed by atoms with Crippen LogP contribution in [0.4, 0.5) is 0 Å². The van der Waals surface area contributed by atoms with E-state index in [0.717, 1.165) is 13.0 Å². The minimum atomic E-state index is 0.303. The number of aliphatic hydroxyl groups excluding tert-OH is 1. The molecule has 0 bridgehead atoms. The summed E-state index contributed by atoms with van der Waals surface area (Å²) in [6, 6.07) is 9.40. The Bertz CT molecular complexity index is 337. The van der Waals surface area contributed by atoms with E-state index in [-0.39, 0.29) is 0 Å². The van der Waals surface area contributed by atoms with Gasteiger partial charge in [0.15, 0.2) is 0 Å². The molecule has 1 saturated heterocycles. The molecule has 1 N–H and O–H groups in total. The SMILES string of the molecule is Cc1cccc(C2CCCN2CCCO)c1. The Morgan fingerprint density at radius 2 is 2.31 bits per heavy atom. The van der Waals surface area contributed by atoms with Gasteiger partial charge < -0.3 is 5.11 Å². The van der Waals surface area contributed by atoms with E-state index in [0.29, 0.717) is 12.6 Å². The largest absolute Gasteiger partial charge is 0.396 e. The molecule has 0 spiro atoms. The highest BCUT2D eigenvalue weighted by Gasteiger charge is 2.25. The number of nitrogens with zero attached hydrogens (tertiary/aromatic N) is 1. The van der Waals surface area contributed by atoms with E-state index >= 15 is 0 Å². The molecule has 2 rings (SSSR count). The fraction of sp³-hybridized carbons (Fsp3) is 0.571. The number of hydrogen-bond acceptors (Lipinski definition) is 2. The summed E-state index contributed by atoms with van der Waals surface area (Å²) in [5, 5.41) is 8.90. The summed E-state index contributed by atoms with van der Waals surface area (Å²) < 4.78 is 0. The van der Waals surface area contributed by atoms with Crippen LogP contribution in [0.2, 0.25) is 0 Å². The minimum Gasteiger partial charge on any atom is -0.396 e. The van der Waals surface area contributed by atoms with Gasteiger partial charge in [-0.05, 0) is 38.3 Å². The first-order valence-electron chi connectivity index (χ1n) is 6.23. The molecule has 0 aromatic heterocycles. The summed E-state index contributed by atoms with van der Waals surface area (Å²) in [7, 11) is 0. The van der Waals surface area contributed by atoms with Crippen LogP contribution < -0.4 is 0 Å². The van der Waals surface area contributed by atoms with Gasteiger partial charge in [-0.2, -0.15) is 0 Å². The Hall–Kier alpha value is -0.860. The Labute approximate surface area is 97.9 Å². The zero-order valence-electron chi connectivity index (χ0n) is 10.0. The molecule has 1 unspecified atom stereocenters. The van der Waals surface area contributed by atoms with Crippen molar-refractivity contribution >= 4 is 0 Å². The first kappa shape index (κ1) is 11.6. The van der Waals surface area contributed by atoms with Gasteiger partial charge in [0.25, 0.3) is 0 Å². The number of benzene rings is 1. The molecule has 1 fully saturated rings. The van der Waals surface area contributed by atoms with Crippen molar-refractivity contribution in [3.8, 4) is 0 Å². The second kappa shape index (κ2) is 5.46. The number of aryl methyl sites for hydroxylation is 1. The molecule has 1 heterocycles.